The molecule has 0 aliphatic carbocycles. The van der Waals surface area contributed by atoms with Crippen LogP contribution in [0.25, 0.3) is 0 Å². The smallest absolute Gasteiger partial charge is 0.0510 e. The molecule has 118 valence electrons. The van der Waals surface area contributed by atoms with E-state index in [-0.39, 0.29) is 0 Å². The highest BCUT2D eigenvalue weighted by Crippen LogP contribution is 2.31. The highest BCUT2D eigenvalue weighted by Gasteiger charge is 2.17. The zero-order valence-electron chi connectivity index (χ0n) is 13.7. The summed E-state index contributed by atoms with van der Waals surface area (Å²) < 4.78 is 1.24. The van der Waals surface area contributed by atoms with Crippen LogP contribution in [0.4, 0.5) is 5.69 Å². The Morgan fingerprint density at radius 1 is 1.29 bits per heavy atom. The van der Waals surface area contributed by atoms with Gasteiger partial charge in [0.15, 0.2) is 0 Å². The van der Waals surface area contributed by atoms with E-state index in [1.165, 1.54) is 54.5 Å². The summed E-state index contributed by atoms with van der Waals surface area (Å²) in [5.74, 6) is 0.920. The Kier molecular flexibility index (Phi) is 6.56. The van der Waals surface area contributed by atoms with Crippen molar-refractivity contribution in [2.45, 2.75) is 59.0 Å². The largest absolute Gasteiger partial charge is 0.371 e. The molecule has 3 heteroatoms. The highest BCUT2D eigenvalue weighted by atomic mass is 79.9. The van der Waals surface area contributed by atoms with E-state index in [2.05, 4.69) is 65.1 Å². The Morgan fingerprint density at radius 2 is 2.10 bits per heavy atom. The van der Waals surface area contributed by atoms with E-state index < -0.39 is 0 Å². The molecular weight excluding hydrogens is 324 g/mol. The van der Waals surface area contributed by atoms with Crippen molar-refractivity contribution in [1.29, 1.82) is 0 Å². The number of hydrogen-bond donors (Lipinski definition) is 1. The van der Waals surface area contributed by atoms with Gasteiger partial charge in [-0.2, -0.15) is 0 Å². The number of anilines is 1. The fourth-order valence-corrected chi connectivity index (χ4v) is 3.73. The molecule has 1 unspecified atom stereocenters. The molecule has 2 rings (SSSR count). The van der Waals surface area contributed by atoms with E-state index in [1.807, 2.05) is 0 Å². The first-order chi connectivity index (χ1) is 10.1. The van der Waals surface area contributed by atoms with Crippen LogP contribution in [0.5, 0.6) is 0 Å². The summed E-state index contributed by atoms with van der Waals surface area (Å²) in [5.41, 5.74) is 2.71. The molecule has 1 fully saturated rings. The molecule has 1 aromatic carbocycles. The topological polar surface area (TPSA) is 15.3 Å². The Morgan fingerprint density at radius 3 is 2.76 bits per heavy atom. The summed E-state index contributed by atoms with van der Waals surface area (Å²) in [4.78, 5) is 2.55. The van der Waals surface area contributed by atoms with Crippen LogP contribution in [-0.4, -0.2) is 19.1 Å². The maximum absolute atomic E-state index is 3.78. The molecule has 21 heavy (non-hydrogen) atoms. The van der Waals surface area contributed by atoms with Crippen LogP contribution in [0, 0.1) is 5.92 Å². The summed E-state index contributed by atoms with van der Waals surface area (Å²) in [6.45, 7) is 10.0. The van der Waals surface area contributed by atoms with Gasteiger partial charge in [-0.1, -0.05) is 33.3 Å². The van der Waals surface area contributed by atoms with Gasteiger partial charge in [0, 0.05) is 30.1 Å². The van der Waals surface area contributed by atoms with Crippen molar-refractivity contribution >= 4 is 21.6 Å². The SMILES string of the molecule is CCC1CCCN(c2ccc(CNC(C)C)cc2Br)CC1. The first kappa shape index (κ1) is 16.8. The monoisotopic (exact) mass is 352 g/mol. The lowest BCUT2D eigenvalue weighted by Crippen LogP contribution is -2.25. The van der Waals surface area contributed by atoms with Gasteiger partial charge < -0.3 is 10.2 Å². The Hall–Kier alpha value is -0.540. The number of halogens is 1. The molecule has 0 bridgehead atoms. The first-order valence-electron chi connectivity index (χ1n) is 8.37. The minimum absolute atomic E-state index is 0.528. The van der Waals surface area contributed by atoms with Crippen LogP contribution in [-0.2, 0) is 6.54 Å². The van der Waals surface area contributed by atoms with Crippen molar-refractivity contribution in [2.75, 3.05) is 18.0 Å². The fraction of sp³-hybridized carbons (Fsp3) is 0.667. The Labute approximate surface area is 138 Å². The highest BCUT2D eigenvalue weighted by molar-refractivity contribution is 9.10. The van der Waals surface area contributed by atoms with Crippen molar-refractivity contribution in [1.82, 2.24) is 5.32 Å². The summed E-state index contributed by atoms with van der Waals surface area (Å²) in [7, 11) is 0. The minimum atomic E-state index is 0.528. The molecule has 1 aromatic rings. The van der Waals surface area contributed by atoms with Crippen molar-refractivity contribution in [2.24, 2.45) is 5.92 Å². The predicted octanol–water partition coefficient (Wildman–Crippen LogP) is 4.96. The Balaban J connectivity index is 2.02. The van der Waals surface area contributed by atoms with Crippen LogP contribution in [0.1, 0.15) is 52.0 Å². The van der Waals surface area contributed by atoms with Crippen LogP contribution in [0.2, 0.25) is 0 Å². The van der Waals surface area contributed by atoms with Gasteiger partial charge >= 0.3 is 0 Å². The van der Waals surface area contributed by atoms with E-state index >= 15 is 0 Å². The van der Waals surface area contributed by atoms with Crippen LogP contribution < -0.4 is 10.2 Å². The number of hydrogen-bond acceptors (Lipinski definition) is 2. The average molecular weight is 353 g/mol. The van der Waals surface area contributed by atoms with Gasteiger partial charge in [0.2, 0.25) is 0 Å². The van der Waals surface area contributed by atoms with Crippen LogP contribution in [0.3, 0.4) is 0 Å². The molecule has 1 aliphatic rings. The lowest BCUT2D eigenvalue weighted by atomic mass is 9.98. The standard InChI is InChI=1S/C18H29BrN2/c1-4-15-6-5-10-21(11-9-15)18-8-7-16(12-17(18)19)13-20-14(2)3/h7-8,12,14-15,20H,4-6,9-11,13H2,1-3H3. The molecule has 1 N–H and O–H groups in total. The third-order valence-corrected chi connectivity index (χ3v) is 5.13. The molecule has 2 nitrogen and oxygen atoms in total. The molecule has 1 atom stereocenters. The van der Waals surface area contributed by atoms with Gasteiger partial charge in [-0.25, -0.2) is 0 Å². The van der Waals surface area contributed by atoms with Gasteiger partial charge in [-0.3, -0.25) is 0 Å². The van der Waals surface area contributed by atoms with Crippen molar-refractivity contribution in [3.05, 3.63) is 28.2 Å². The molecule has 1 saturated heterocycles. The number of nitrogens with zero attached hydrogens (tertiary/aromatic N) is 1. The van der Waals surface area contributed by atoms with E-state index in [0.717, 1.165) is 12.5 Å². The average Bonchev–Trinajstić information content (AvgIpc) is 2.70. The number of nitrogens with one attached hydrogen (secondary N) is 1. The summed E-state index contributed by atoms with van der Waals surface area (Å²) >= 11 is 3.78. The molecule has 0 radical (unpaired) electrons. The lowest BCUT2D eigenvalue weighted by Gasteiger charge is -2.24. The Bertz CT molecular complexity index is 445. The van der Waals surface area contributed by atoms with Gasteiger partial charge in [-0.15, -0.1) is 0 Å². The first-order valence-corrected chi connectivity index (χ1v) is 9.16. The molecule has 0 aromatic heterocycles. The summed E-state index contributed by atoms with van der Waals surface area (Å²) in [5, 5.41) is 3.48. The quantitative estimate of drug-likeness (QED) is 0.805. The van der Waals surface area contributed by atoms with E-state index in [1.54, 1.807) is 0 Å². The zero-order chi connectivity index (χ0) is 15.2. The van der Waals surface area contributed by atoms with Crippen molar-refractivity contribution in [3.8, 4) is 0 Å². The predicted molar refractivity (Wildman–Crippen MR) is 96.0 cm³/mol. The van der Waals surface area contributed by atoms with Crippen molar-refractivity contribution < 1.29 is 0 Å². The van der Waals surface area contributed by atoms with Gasteiger partial charge in [0.05, 0.1) is 5.69 Å². The van der Waals surface area contributed by atoms with Gasteiger partial charge in [-0.05, 0) is 58.8 Å². The maximum Gasteiger partial charge on any atom is 0.0510 e. The molecule has 1 aliphatic heterocycles. The third-order valence-electron chi connectivity index (χ3n) is 4.49. The molecular formula is C18H29BrN2. The van der Waals surface area contributed by atoms with Gasteiger partial charge in [0.25, 0.3) is 0 Å². The van der Waals surface area contributed by atoms with E-state index in [0.29, 0.717) is 6.04 Å². The second-order valence-corrected chi connectivity index (χ2v) is 7.37. The summed E-state index contributed by atoms with van der Waals surface area (Å²) in [6, 6.07) is 7.35. The third kappa shape index (κ3) is 5.00. The minimum Gasteiger partial charge on any atom is -0.371 e. The van der Waals surface area contributed by atoms with Crippen LogP contribution >= 0.6 is 15.9 Å². The number of rotatable bonds is 5. The van der Waals surface area contributed by atoms with Gasteiger partial charge in [0.1, 0.15) is 0 Å². The van der Waals surface area contributed by atoms with E-state index in [9.17, 15) is 0 Å². The molecule has 0 saturated carbocycles. The molecule has 1 heterocycles. The lowest BCUT2D eigenvalue weighted by molar-refractivity contribution is 0.459. The summed E-state index contributed by atoms with van der Waals surface area (Å²) in [6.07, 6.45) is 5.37. The molecule has 0 amide bonds. The second kappa shape index (κ2) is 8.19. The fourth-order valence-electron chi connectivity index (χ4n) is 3.05. The maximum atomic E-state index is 3.78. The van der Waals surface area contributed by atoms with Crippen molar-refractivity contribution in [3.63, 3.8) is 0 Å². The normalized spacial score (nSPS) is 19.9. The molecule has 0 spiro atoms. The van der Waals surface area contributed by atoms with Crippen LogP contribution in [0.15, 0.2) is 22.7 Å². The second-order valence-electron chi connectivity index (χ2n) is 6.51. The number of benzene rings is 1. The van der Waals surface area contributed by atoms with E-state index in [4.69, 9.17) is 0 Å². The zero-order valence-corrected chi connectivity index (χ0v) is 15.2.